The average Bonchev–Trinajstić information content (AvgIpc) is 2.34. The SMILES string of the molecule is CC(C)=CCNCc1ccc2cnccc2c1. The van der Waals surface area contributed by atoms with Crippen LogP contribution < -0.4 is 5.32 Å². The van der Waals surface area contributed by atoms with Gasteiger partial charge in [-0.05, 0) is 36.9 Å². The number of benzene rings is 1. The van der Waals surface area contributed by atoms with E-state index in [0.29, 0.717) is 0 Å². The molecule has 0 unspecified atom stereocenters. The number of allylic oxidation sites excluding steroid dienone is 1. The molecule has 2 aromatic rings. The van der Waals surface area contributed by atoms with E-state index in [0.717, 1.165) is 13.1 Å². The van der Waals surface area contributed by atoms with Crippen molar-refractivity contribution in [2.45, 2.75) is 20.4 Å². The Hall–Kier alpha value is -1.67. The van der Waals surface area contributed by atoms with Crippen molar-refractivity contribution >= 4 is 10.8 Å². The Morgan fingerprint density at radius 3 is 2.94 bits per heavy atom. The van der Waals surface area contributed by atoms with Crippen LogP contribution in [0.5, 0.6) is 0 Å². The van der Waals surface area contributed by atoms with Crippen molar-refractivity contribution in [2.24, 2.45) is 0 Å². The highest BCUT2D eigenvalue weighted by molar-refractivity contribution is 5.81. The molecule has 0 aliphatic heterocycles. The Bertz CT molecular complexity index is 525. The Morgan fingerprint density at radius 2 is 2.12 bits per heavy atom. The van der Waals surface area contributed by atoms with Crippen molar-refractivity contribution in [3.8, 4) is 0 Å². The molecule has 0 saturated carbocycles. The first kappa shape index (κ1) is 11.8. The number of fused-ring (bicyclic) bond motifs is 1. The molecular formula is C15H18N2. The van der Waals surface area contributed by atoms with E-state index < -0.39 is 0 Å². The zero-order chi connectivity index (χ0) is 12.1. The van der Waals surface area contributed by atoms with Gasteiger partial charge in [0.1, 0.15) is 0 Å². The Labute approximate surface area is 102 Å². The Morgan fingerprint density at radius 1 is 1.24 bits per heavy atom. The summed E-state index contributed by atoms with van der Waals surface area (Å²) < 4.78 is 0. The molecule has 1 heterocycles. The van der Waals surface area contributed by atoms with E-state index >= 15 is 0 Å². The van der Waals surface area contributed by atoms with Gasteiger partial charge in [0.25, 0.3) is 0 Å². The summed E-state index contributed by atoms with van der Waals surface area (Å²) >= 11 is 0. The number of aromatic nitrogens is 1. The predicted molar refractivity (Wildman–Crippen MR) is 72.9 cm³/mol. The zero-order valence-electron chi connectivity index (χ0n) is 10.4. The van der Waals surface area contributed by atoms with Crippen molar-refractivity contribution in [3.63, 3.8) is 0 Å². The largest absolute Gasteiger partial charge is 0.309 e. The number of nitrogens with one attached hydrogen (secondary N) is 1. The summed E-state index contributed by atoms with van der Waals surface area (Å²) in [4.78, 5) is 4.11. The zero-order valence-corrected chi connectivity index (χ0v) is 10.4. The lowest BCUT2D eigenvalue weighted by Crippen LogP contribution is -2.12. The second kappa shape index (κ2) is 5.60. The van der Waals surface area contributed by atoms with Gasteiger partial charge in [0, 0.05) is 30.9 Å². The van der Waals surface area contributed by atoms with Crippen LogP contribution in [0.15, 0.2) is 48.3 Å². The topological polar surface area (TPSA) is 24.9 Å². The van der Waals surface area contributed by atoms with E-state index in [1.54, 1.807) is 0 Å². The van der Waals surface area contributed by atoms with Crippen molar-refractivity contribution in [3.05, 3.63) is 53.9 Å². The summed E-state index contributed by atoms with van der Waals surface area (Å²) in [5.74, 6) is 0. The van der Waals surface area contributed by atoms with Crippen molar-refractivity contribution in [1.82, 2.24) is 10.3 Å². The molecule has 0 bridgehead atoms. The van der Waals surface area contributed by atoms with Gasteiger partial charge in [0.15, 0.2) is 0 Å². The predicted octanol–water partition coefficient (Wildman–Crippen LogP) is 3.29. The van der Waals surface area contributed by atoms with Gasteiger partial charge in [0.2, 0.25) is 0 Å². The molecule has 0 amide bonds. The third-order valence-corrected chi connectivity index (χ3v) is 2.69. The van der Waals surface area contributed by atoms with Crippen LogP contribution in [0.4, 0.5) is 0 Å². The average molecular weight is 226 g/mol. The number of nitrogens with zero attached hydrogens (tertiary/aromatic N) is 1. The van der Waals surface area contributed by atoms with Crippen molar-refractivity contribution in [2.75, 3.05) is 6.54 Å². The van der Waals surface area contributed by atoms with Crippen LogP contribution in [0.25, 0.3) is 10.8 Å². The minimum Gasteiger partial charge on any atom is -0.309 e. The smallest absolute Gasteiger partial charge is 0.0346 e. The molecular weight excluding hydrogens is 208 g/mol. The molecule has 1 aromatic carbocycles. The lowest BCUT2D eigenvalue weighted by Gasteiger charge is -2.04. The highest BCUT2D eigenvalue weighted by Gasteiger charge is 1.95. The molecule has 0 aliphatic rings. The molecule has 1 aromatic heterocycles. The molecule has 0 saturated heterocycles. The number of hydrogen-bond acceptors (Lipinski definition) is 2. The van der Waals surface area contributed by atoms with Crippen LogP contribution in [0.1, 0.15) is 19.4 Å². The van der Waals surface area contributed by atoms with Gasteiger partial charge < -0.3 is 5.32 Å². The first-order valence-corrected chi connectivity index (χ1v) is 5.92. The third-order valence-electron chi connectivity index (χ3n) is 2.69. The minimum absolute atomic E-state index is 0.905. The maximum absolute atomic E-state index is 4.11. The first-order valence-electron chi connectivity index (χ1n) is 5.92. The van der Waals surface area contributed by atoms with Gasteiger partial charge >= 0.3 is 0 Å². The van der Waals surface area contributed by atoms with E-state index in [1.807, 2.05) is 12.4 Å². The van der Waals surface area contributed by atoms with Crippen LogP contribution in [0.3, 0.4) is 0 Å². The number of pyridine rings is 1. The van der Waals surface area contributed by atoms with E-state index in [2.05, 4.69) is 54.5 Å². The number of rotatable bonds is 4. The summed E-state index contributed by atoms with van der Waals surface area (Å²) in [6.07, 6.45) is 5.93. The lowest BCUT2D eigenvalue weighted by atomic mass is 10.1. The second-order valence-electron chi connectivity index (χ2n) is 4.47. The molecule has 0 fully saturated rings. The van der Waals surface area contributed by atoms with Gasteiger partial charge in [-0.3, -0.25) is 4.98 Å². The van der Waals surface area contributed by atoms with Crippen LogP contribution in [-0.4, -0.2) is 11.5 Å². The highest BCUT2D eigenvalue weighted by Crippen LogP contribution is 2.14. The summed E-state index contributed by atoms with van der Waals surface area (Å²) in [5.41, 5.74) is 2.66. The molecule has 1 N–H and O–H groups in total. The van der Waals surface area contributed by atoms with Gasteiger partial charge in [-0.1, -0.05) is 23.8 Å². The van der Waals surface area contributed by atoms with Crippen LogP contribution >= 0.6 is 0 Å². The molecule has 2 nitrogen and oxygen atoms in total. The molecule has 0 radical (unpaired) electrons. The van der Waals surface area contributed by atoms with Crippen LogP contribution in [0, 0.1) is 0 Å². The normalized spacial score (nSPS) is 10.5. The quantitative estimate of drug-likeness (QED) is 0.639. The van der Waals surface area contributed by atoms with E-state index in [9.17, 15) is 0 Å². The fourth-order valence-corrected chi connectivity index (χ4v) is 1.74. The second-order valence-corrected chi connectivity index (χ2v) is 4.47. The highest BCUT2D eigenvalue weighted by atomic mass is 14.8. The standard InChI is InChI=1S/C15H18N2/c1-12(2)5-7-16-10-13-3-4-15-11-17-8-6-14(15)9-13/h3-6,8-9,11,16H,7,10H2,1-2H3. The maximum Gasteiger partial charge on any atom is 0.0346 e. The molecule has 2 heteroatoms. The van der Waals surface area contributed by atoms with E-state index in [4.69, 9.17) is 0 Å². The van der Waals surface area contributed by atoms with E-state index in [1.165, 1.54) is 21.9 Å². The molecule has 0 spiro atoms. The number of hydrogen-bond donors (Lipinski definition) is 1. The molecule has 0 aliphatic carbocycles. The molecule has 88 valence electrons. The van der Waals surface area contributed by atoms with Crippen molar-refractivity contribution < 1.29 is 0 Å². The summed E-state index contributed by atoms with van der Waals surface area (Å²) in [7, 11) is 0. The fourth-order valence-electron chi connectivity index (χ4n) is 1.74. The van der Waals surface area contributed by atoms with Crippen molar-refractivity contribution in [1.29, 1.82) is 0 Å². The summed E-state index contributed by atoms with van der Waals surface area (Å²) in [6, 6.07) is 8.54. The molecule has 0 atom stereocenters. The van der Waals surface area contributed by atoms with E-state index in [-0.39, 0.29) is 0 Å². The fraction of sp³-hybridized carbons (Fsp3) is 0.267. The monoisotopic (exact) mass is 226 g/mol. The minimum atomic E-state index is 0.905. The van der Waals surface area contributed by atoms with Gasteiger partial charge in [-0.2, -0.15) is 0 Å². The first-order chi connectivity index (χ1) is 8.25. The van der Waals surface area contributed by atoms with Gasteiger partial charge in [-0.15, -0.1) is 0 Å². The Kier molecular flexibility index (Phi) is 3.89. The summed E-state index contributed by atoms with van der Waals surface area (Å²) in [6.45, 7) is 6.06. The van der Waals surface area contributed by atoms with Crippen LogP contribution in [0.2, 0.25) is 0 Å². The maximum atomic E-state index is 4.11. The van der Waals surface area contributed by atoms with Gasteiger partial charge in [0.05, 0.1) is 0 Å². The lowest BCUT2D eigenvalue weighted by molar-refractivity contribution is 0.758. The summed E-state index contributed by atoms with van der Waals surface area (Å²) in [5, 5.41) is 5.85. The Balaban J connectivity index is 2.02. The van der Waals surface area contributed by atoms with Crippen LogP contribution in [-0.2, 0) is 6.54 Å². The third kappa shape index (κ3) is 3.40. The molecule has 2 rings (SSSR count). The van der Waals surface area contributed by atoms with Gasteiger partial charge in [-0.25, -0.2) is 0 Å². The molecule has 17 heavy (non-hydrogen) atoms.